The Morgan fingerprint density at radius 2 is 1.62 bits per heavy atom. The van der Waals surface area contributed by atoms with Crippen LogP contribution in [0.15, 0.2) is 48.5 Å². The number of nitrogens with zero attached hydrogens (tertiary/aromatic N) is 1. The van der Waals surface area contributed by atoms with Gasteiger partial charge in [0, 0.05) is 45.3 Å². The molecule has 0 bridgehead atoms. The number of Topliss-reactive ketones (excluding diaryl/α,β-unsaturated/α-hetero) is 1. The summed E-state index contributed by atoms with van der Waals surface area (Å²) in [5, 5.41) is 14.9. The van der Waals surface area contributed by atoms with Crippen LogP contribution in [-0.4, -0.2) is 20.9 Å². The first kappa shape index (κ1) is 27.7. The standard InChI is InChI=1S/C26H19Cl5N2O4/c1-12-13(2)21(33(36)37)6-3-14(12)9-22(34)19-11-18(4-5-20(19)29)32-25(35)24-23(26(24,30)31)15-7-16(27)10-17(28)8-15/h3-8,10-11,23-24H,9H2,1-2H3,(H,32,35). The van der Waals surface area contributed by atoms with Crippen molar-refractivity contribution in [2.75, 3.05) is 5.32 Å². The third kappa shape index (κ3) is 5.59. The van der Waals surface area contributed by atoms with Crippen molar-refractivity contribution >= 4 is 81.1 Å². The van der Waals surface area contributed by atoms with Crippen LogP contribution >= 0.6 is 58.0 Å². The van der Waals surface area contributed by atoms with Crippen molar-refractivity contribution in [3.63, 3.8) is 0 Å². The average molecular weight is 601 g/mol. The summed E-state index contributed by atoms with van der Waals surface area (Å²) in [5.41, 5.74) is 2.97. The second-order valence-corrected chi connectivity index (χ2v) is 11.6. The highest BCUT2D eigenvalue weighted by atomic mass is 35.5. The van der Waals surface area contributed by atoms with Gasteiger partial charge in [0.2, 0.25) is 5.91 Å². The lowest BCUT2D eigenvalue weighted by Gasteiger charge is -2.11. The van der Waals surface area contributed by atoms with Crippen LogP contribution in [0.5, 0.6) is 0 Å². The molecule has 6 nitrogen and oxygen atoms in total. The highest BCUT2D eigenvalue weighted by molar-refractivity contribution is 6.53. The fourth-order valence-electron chi connectivity index (χ4n) is 4.38. The highest BCUT2D eigenvalue weighted by Gasteiger charge is 2.67. The number of rotatable bonds is 7. The molecule has 192 valence electrons. The topological polar surface area (TPSA) is 89.3 Å². The number of benzene rings is 3. The molecule has 11 heteroatoms. The first-order valence-corrected chi connectivity index (χ1v) is 12.9. The zero-order chi connectivity index (χ0) is 27.2. The number of ketones is 1. The molecule has 37 heavy (non-hydrogen) atoms. The Balaban J connectivity index is 1.53. The average Bonchev–Trinajstić information content (AvgIpc) is 3.39. The van der Waals surface area contributed by atoms with Gasteiger partial charge < -0.3 is 5.32 Å². The lowest BCUT2D eigenvalue weighted by Crippen LogP contribution is -2.17. The molecule has 3 aromatic rings. The van der Waals surface area contributed by atoms with E-state index >= 15 is 0 Å². The zero-order valence-electron chi connectivity index (χ0n) is 19.5. The van der Waals surface area contributed by atoms with Crippen LogP contribution in [0.4, 0.5) is 11.4 Å². The fraction of sp³-hybridized carbons (Fsp3) is 0.231. The van der Waals surface area contributed by atoms with Crippen LogP contribution in [-0.2, 0) is 11.2 Å². The summed E-state index contributed by atoms with van der Waals surface area (Å²) in [7, 11) is 0. The zero-order valence-corrected chi connectivity index (χ0v) is 23.2. The van der Waals surface area contributed by atoms with Crippen LogP contribution in [0.25, 0.3) is 0 Å². The van der Waals surface area contributed by atoms with E-state index in [0.717, 1.165) is 0 Å². The summed E-state index contributed by atoms with van der Waals surface area (Å²) >= 11 is 31.3. The molecule has 1 amide bonds. The Kier molecular flexibility index (Phi) is 7.80. The molecule has 4 rings (SSSR count). The summed E-state index contributed by atoms with van der Waals surface area (Å²) in [6, 6.07) is 12.4. The molecule has 0 saturated heterocycles. The maximum absolute atomic E-state index is 13.1. The van der Waals surface area contributed by atoms with Crippen molar-refractivity contribution < 1.29 is 14.5 Å². The molecule has 1 aliphatic rings. The van der Waals surface area contributed by atoms with E-state index in [2.05, 4.69) is 5.32 Å². The van der Waals surface area contributed by atoms with Crippen molar-refractivity contribution in [2.45, 2.75) is 30.5 Å². The number of anilines is 1. The summed E-state index contributed by atoms with van der Waals surface area (Å²) in [6.07, 6.45) is -0.0194. The quantitative estimate of drug-likeness (QED) is 0.128. The Morgan fingerprint density at radius 1 is 0.973 bits per heavy atom. The second-order valence-electron chi connectivity index (χ2n) is 8.87. The van der Waals surface area contributed by atoms with Gasteiger partial charge in [-0.15, -0.1) is 23.2 Å². The molecule has 1 fully saturated rings. The van der Waals surface area contributed by atoms with Gasteiger partial charge in [-0.05, 0) is 66.9 Å². The van der Waals surface area contributed by atoms with Crippen molar-refractivity contribution in [3.05, 3.63) is 102 Å². The van der Waals surface area contributed by atoms with E-state index in [0.29, 0.717) is 38.0 Å². The van der Waals surface area contributed by atoms with Crippen molar-refractivity contribution in [3.8, 4) is 0 Å². The number of hydrogen-bond donors (Lipinski definition) is 1. The van der Waals surface area contributed by atoms with Crippen molar-refractivity contribution in [2.24, 2.45) is 5.92 Å². The first-order valence-electron chi connectivity index (χ1n) is 11.0. The van der Waals surface area contributed by atoms with E-state index in [1.165, 1.54) is 18.2 Å². The predicted molar refractivity (Wildman–Crippen MR) is 148 cm³/mol. The number of carbonyl (C=O) groups is 2. The smallest absolute Gasteiger partial charge is 0.272 e. The monoisotopic (exact) mass is 598 g/mol. The van der Waals surface area contributed by atoms with Crippen LogP contribution < -0.4 is 5.32 Å². The van der Waals surface area contributed by atoms with Crippen LogP contribution in [0.2, 0.25) is 15.1 Å². The Morgan fingerprint density at radius 3 is 2.24 bits per heavy atom. The molecule has 2 unspecified atom stereocenters. The molecule has 1 N–H and O–H groups in total. The molecule has 0 heterocycles. The summed E-state index contributed by atoms with van der Waals surface area (Å²) in [4.78, 5) is 36.9. The minimum atomic E-state index is -1.35. The molecular weight excluding hydrogens is 582 g/mol. The lowest BCUT2D eigenvalue weighted by atomic mass is 9.95. The molecule has 3 aromatic carbocycles. The number of hydrogen-bond acceptors (Lipinski definition) is 4. The third-order valence-corrected chi connectivity index (χ3v) is 8.24. The second kappa shape index (κ2) is 10.4. The molecule has 0 spiro atoms. The maximum atomic E-state index is 13.1. The van der Waals surface area contributed by atoms with Gasteiger partial charge >= 0.3 is 0 Å². The molecule has 0 aliphatic heterocycles. The third-order valence-electron chi connectivity index (χ3n) is 6.53. The highest BCUT2D eigenvalue weighted by Crippen LogP contribution is 2.65. The van der Waals surface area contributed by atoms with E-state index in [9.17, 15) is 19.7 Å². The number of nitro groups is 1. The van der Waals surface area contributed by atoms with Gasteiger partial charge in [0.15, 0.2) is 5.78 Å². The number of carbonyl (C=O) groups excluding carboxylic acids is 2. The van der Waals surface area contributed by atoms with Gasteiger partial charge in [0.1, 0.15) is 4.33 Å². The van der Waals surface area contributed by atoms with E-state index in [1.54, 1.807) is 44.2 Å². The fourth-order valence-corrected chi connectivity index (χ4v) is 5.97. The molecule has 0 aromatic heterocycles. The van der Waals surface area contributed by atoms with Gasteiger partial charge in [-0.25, -0.2) is 0 Å². The van der Waals surface area contributed by atoms with Crippen LogP contribution in [0.3, 0.4) is 0 Å². The molecule has 0 radical (unpaired) electrons. The van der Waals surface area contributed by atoms with E-state index in [-0.39, 0.29) is 28.5 Å². The SMILES string of the molecule is Cc1c(CC(=O)c2cc(NC(=O)C3C(c4cc(Cl)cc(Cl)c4)C3(Cl)Cl)ccc2Cl)ccc([N+](=O)[O-])c1C. The van der Waals surface area contributed by atoms with E-state index in [1.807, 2.05) is 0 Å². The molecule has 1 saturated carbocycles. The Hall–Kier alpha value is -2.35. The largest absolute Gasteiger partial charge is 0.326 e. The predicted octanol–water partition coefficient (Wildman–Crippen LogP) is 8.12. The van der Waals surface area contributed by atoms with Gasteiger partial charge in [0.25, 0.3) is 5.69 Å². The Bertz CT molecular complexity index is 1440. The Labute approximate surface area is 238 Å². The van der Waals surface area contributed by atoms with Gasteiger partial charge in [0.05, 0.1) is 15.9 Å². The number of amides is 1. The molecular formula is C26H19Cl5N2O4. The summed E-state index contributed by atoms with van der Waals surface area (Å²) in [5.74, 6) is -2.03. The lowest BCUT2D eigenvalue weighted by molar-refractivity contribution is -0.385. The molecule has 2 atom stereocenters. The number of nitro benzene ring substituents is 1. The normalized spacial score (nSPS) is 17.8. The van der Waals surface area contributed by atoms with Gasteiger partial charge in [-0.1, -0.05) is 40.9 Å². The summed E-state index contributed by atoms with van der Waals surface area (Å²) < 4.78 is -1.35. The maximum Gasteiger partial charge on any atom is 0.272 e. The molecule has 1 aliphatic carbocycles. The minimum absolute atomic E-state index is 0.00970. The number of halogens is 5. The minimum Gasteiger partial charge on any atom is -0.326 e. The van der Waals surface area contributed by atoms with E-state index < -0.39 is 27.0 Å². The van der Waals surface area contributed by atoms with Crippen molar-refractivity contribution in [1.29, 1.82) is 0 Å². The van der Waals surface area contributed by atoms with Gasteiger partial charge in [-0.3, -0.25) is 19.7 Å². The number of alkyl halides is 2. The summed E-state index contributed by atoms with van der Waals surface area (Å²) in [6.45, 7) is 3.37. The van der Waals surface area contributed by atoms with Crippen LogP contribution in [0.1, 0.15) is 38.5 Å². The van der Waals surface area contributed by atoms with Gasteiger partial charge in [-0.2, -0.15) is 0 Å². The number of nitrogens with one attached hydrogen (secondary N) is 1. The first-order chi connectivity index (χ1) is 17.3. The van der Waals surface area contributed by atoms with Crippen LogP contribution in [0, 0.1) is 29.9 Å². The van der Waals surface area contributed by atoms with Crippen molar-refractivity contribution in [1.82, 2.24) is 0 Å². The van der Waals surface area contributed by atoms with E-state index in [4.69, 9.17) is 58.0 Å².